The fourth-order valence-electron chi connectivity index (χ4n) is 4.05. The lowest BCUT2D eigenvalue weighted by Gasteiger charge is -2.38. The van der Waals surface area contributed by atoms with E-state index in [0.717, 1.165) is 51.1 Å². The number of carbonyl (C=O) groups excluding carboxylic acids is 1. The summed E-state index contributed by atoms with van der Waals surface area (Å²) in [5, 5.41) is 10.5. The molecule has 2 saturated heterocycles. The normalized spacial score (nSPS) is 25.1. The van der Waals surface area contributed by atoms with Gasteiger partial charge >= 0.3 is 0 Å². The summed E-state index contributed by atoms with van der Waals surface area (Å²) in [5.41, 5.74) is 0.939. The minimum absolute atomic E-state index is 0.0665. The number of amides is 1. The number of hydrogen-bond donors (Lipinski definition) is 1. The molecule has 2 heterocycles. The van der Waals surface area contributed by atoms with Crippen LogP contribution in [0.25, 0.3) is 0 Å². The lowest BCUT2D eigenvalue weighted by Crippen LogP contribution is -2.54. The van der Waals surface area contributed by atoms with Crippen LogP contribution >= 0.6 is 0 Å². The predicted octanol–water partition coefficient (Wildman–Crippen LogP) is 1.74. The maximum atomic E-state index is 13.0. The van der Waals surface area contributed by atoms with Crippen molar-refractivity contribution in [1.29, 1.82) is 0 Å². The zero-order valence-electron chi connectivity index (χ0n) is 15.5. The third kappa shape index (κ3) is 4.40. The highest BCUT2D eigenvalue weighted by Gasteiger charge is 2.35. The van der Waals surface area contributed by atoms with Gasteiger partial charge in [-0.2, -0.15) is 0 Å². The van der Waals surface area contributed by atoms with Crippen LogP contribution in [0.4, 0.5) is 0 Å². The molecule has 3 unspecified atom stereocenters. The molecular weight excluding hydrogens is 314 g/mol. The Bertz CT molecular complexity index is 557. The first-order valence-electron chi connectivity index (χ1n) is 9.52. The van der Waals surface area contributed by atoms with Gasteiger partial charge in [0, 0.05) is 38.8 Å². The first-order valence-corrected chi connectivity index (χ1v) is 9.52. The van der Waals surface area contributed by atoms with Crippen molar-refractivity contribution in [3.63, 3.8) is 0 Å². The van der Waals surface area contributed by atoms with Crippen LogP contribution in [0, 0.1) is 0 Å². The van der Waals surface area contributed by atoms with Gasteiger partial charge in [0.15, 0.2) is 0 Å². The molecule has 25 heavy (non-hydrogen) atoms. The molecule has 0 saturated carbocycles. The molecule has 2 aliphatic rings. The number of likely N-dealkylation sites (N-methyl/N-ethyl adjacent to an activating group) is 1. The van der Waals surface area contributed by atoms with Gasteiger partial charge in [-0.25, -0.2) is 0 Å². The number of nitrogens with zero attached hydrogens (tertiary/aromatic N) is 3. The molecule has 2 aliphatic heterocycles. The molecule has 0 spiro atoms. The fourth-order valence-corrected chi connectivity index (χ4v) is 4.05. The van der Waals surface area contributed by atoms with Crippen molar-refractivity contribution in [3.8, 4) is 0 Å². The molecule has 0 bridgehead atoms. The smallest absolute Gasteiger partial charge is 0.239 e. The summed E-state index contributed by atoms with van der Waals surface area (Å²) in [6, 6.07) is 9.86. The van der Waals surface area contributed by atoms with Crippen LogP contribution in [0.3, 0.4) is 0 Å². The van der Waals surface area contributed by atoms with Crippen molar-refractivity contribution in [2.45, 2.75) is 44.4 Å². The Labute approximate surface area is 151 Å². The minimum Gasteiger partial charge on any atom is -0.388 e. The first-order chi connectivity index (χ1) is 12.1. The van der Waals surface area contributed by atoms with Gasteiger partial charge in [0.05, 0.1) is 12.1 Å². The summed E-state index contributed by atoms with van der Waals surface area (Å²) in [6.07, 6.45) is 2.16. The Morgan fingerprint density at radius 1 is 1.16 bits per heavy atom. The van der Waals surface area contributed by atoms with E-state index in [-0.39, 0.29) is 18.0 Å². The number of benzene rings is 1. The van der Waals surface area contributed by atoms with Crippen molar-refractivity contribution in [3.05, 3.63) is 35.9 Å². The highest BCUT2D eigenvalue weighted by Crippen LogP contribution is 2.28. The minimum atomic E-state index is -0.501. The molecule has 2 fully saturated rings. The van der Waals surface area contributed by atoms with Crippen molar-refractivity contribution in [2.24, 2.45) is 0 Å². The SMILES string of the molecule is CC(C(=O)N1CCCC1CC(O)c1ccccc1)N1CCN(C)CC1. The Balaban J connectivity index is 1.59. The zero-order chi connectivity index (χ0) is 17.8. The Kier molecular flexibility index (Phi) is 6.10. The van der Waals surface area contributed by atoms with E-state index < -0.39 is 6.10 Å². The second-order valence-corrected chi connectivity index (χ2v) is 7.51. The summed E-state index contributed by atoms with van der Waals surface area (Å²) >= 11 is 0. The second-order valence-electron chi connectivity index (χ2n) is 7.51. The van der Waals surface area contributed by atoms with E-state index >= 15 is 0 Å². The Hall–Kier alpha value is -1.43. The van der Waals surface area contributed by atoms with E-state index in [1.54, 1.807) is 0 Å². The van der Waals surface area contributed by atoms with E-state index in [0.29, 0.717) is 6.42 Å². The van der Waals surface area contributed by atoms with Crippen LogP contribution in [0.5, 0.6) is 0 Å². The fraction of sp³-hybridized carbons (Fsp3) is 0.650. The number of aliphatic hydroxyl groups is 1. The van der Waals surface area contributed by atoms with Gasteiger partial charge in [-0.15, -0.1) is 0 Å². The number of aliphatic hydroxyl groups excluding tert-OH is 1. The van der Waals surface area contributed by atoms with Crippen molar-refractivity contribution in [2.75, 3.05) is 39.8 Å². The highest BCUT2D eigenvalue weighted by molar-refractivity contribution is 5.82. The number of piperazine rings is 1. The van der Waals surface area contributed by atoms with Crippen LogP contribution < -0.4 is 0 Å². The summed E-state index contributed by atoms with van der Waals surface area (Å²) in [5.74, 6) is 0.229. The third-order valence-electron chi connectivity index (χ3n) is 5.78. The highest BCUT2D eigenvalue weighted by atomic mass is 16.3. The molecule has 1 aromatic carbocycles. The quantitative estimate of drug-likeness (QED) is 0.883. The van der Waals surface area contributed by atoms with E-state index in [9.17, 15) is 9.90 Å². The lowest BCUT2D eigenvalue weighted by molar-refractivity contribution is -0.138. The standard InChI is InChI=1S/C20H31N3O2/c1-16(22-13-11-21(2)12-14-22)20(25)23-10-6-9-18(23)15-19(24)17-7-4-3-5-8-17/h3-5,7-8,16,18-19,24H,6,9-15H2,1-2H3. The molecule has 5 heteroatoms. The largest absolute Gasteiger partial charge is 0.388 e. The van der Waals surface area contributed by atoms with E-state index in [4.69, 9.17) is 0 Å². The topological polar surface area (TPSA) is 47.0 Å². The molecule has 1 amide bonds. The average molecular weight is 345 g/mol. The van der Waals surface area contributed by atoms with E-state index in [2.05, 4.69) is 16.8 Å². The molecular formula is C20H31N3O2. The van der Waals surface area contributed by atoms with Crippen molar-refractivity contribution < 1.29 is 9.90 Å². The first kappa shape index (κ1) is 18.4. The van der Waals surface area contributed by atoms with Gasteiger partial charge in [-0.3, -0.25) is 9.69 Å². The summed E-state index contributed by atoms with van der Waals surface area (Å²) < 4.78 is 0. The van der Waals surface area contributed by atoms with Gasteiger partial charge in [0.25, 0.3) is 0 Å². The van der Waals surface area contributed by atoms with Crippen LogP contribution in [0.1, 0.15) is 37.9 Å². The Morgan fingerprint density at radius 2 is 1.84 bits per heavy atom. The van der Waals surface area contributed by atoms with Crippen LogP contribution in [-0.2, 0) is 4.79 Å². The predicted molar refractivity (Wildman–Crippen MR) is 99.3 cm³/mol. The summed E-state index contributed by atoms with van der Waals surface area (Å²) in [6.45, 7) is 6.81. The van der Waals surface area contributed by atoms with Gasteiger partial charge < -0.3 is 14.9 Å². The maximum Gasteiger partial charge on any atom is 0.239 e. The Morgan fingerprint density at radius 3 is 2.52 bits per heavy atom. The molecule has 3 atom stereocenters. The van der Waals surface area contributed by atoms with Gasteiger partial charge in [-0.1, -0.05) is 30.3 Å². The number of carbonyl (C=O) groups is 1. The molecule has 0 aromatic heterocycles. The molecule has 3 rings (SSSR count). The van der Waals surface area contributed by atoms with Gasteiger partial charge in [-0.05, 0) is 38.8 Å². The average Bonchev–Trinajstić information content (AvgIpc) is 3.10. The monoisotopic (exact) mass is 345 g/mol. The third-order valence-corrected chi connectivity index (χ3v) is 5.78. The van der Waals surface area contributed by atoms with E-state index in [1.807, 2.05) is 42.2 Å². The van der Waals surface area contributed by atoms with Crippen LogP contribution in [-0.4, -0.2) is 77.6 Å². The van der Waals surface area contributed by atoms with Crippen molar-refractivity contribution >= 4 is 5.91 Å². The van der Waals surface area contributed by atoms with E-state index in [1.165, 1.54) is 0 Å². The molecule has 0 aliphatic carbocycles. The number of rotatable bonds is 5. The van der Waals surface area contributed by atoms with Crippen molar-refractivity contribution in [1.82, 2.24) is 14.7 Å². The van der Waals surface area contributed by atoms with Crippen LogP contribution in [0.15, 0.2) is 30.3 Å². The number of likely N-dealkylation sites (tertiary alicyclic amines) is 1. The molecule has 1 N–H and O–H groups in total. The molecule has 138 valence electrons. The van der Waals surface area contributed by atoms with Gasteiger partial charge in [0.1, 0.15) is 0 Å². The molecule has 5 nitrogen and oxygen atoms in total. The van der Waals surface area contributed by atoms with Crippen LogP contribution in [0.2, 0.25) is 0 Å². The number of hydrogen-bond acceptors (Lipinski definition) is 4. The summed E-state index contributed by atoms with van der Waals surface area (Å²) in [4.78, 5) is 19.7. The zero-order valence-corrected chi connectivity index (χ0v) is 15.5. The molecule has 0 radical (unpaired) electrons. The maximum absolute atomic E-state index is 13.0. The lowest BCUT2D eigenvalue weighted by atomic mass is 10.00. The summed E-state index contributed by atoms with van der Waals surface area (Å²) in [7, 11) is 2.13. The molecule has 1 aromatic rings. The second kappa shape index (κ2) is 8.30. The van der Waals surface area contributed by atoms with Gasteiger partial charge in [0.2, 0.25) is 5.91 Å².